The van der Waals surface area contributed by atoms with E-state index in [0.29, 0.717) is 0 Å². The number of rotatable bonds is 5. The normalized spacial score (nSPS) is 11.7. The molecule has 0 spiro atoms. The molecule has 3 N–H and O–H groups in total. The lowest BCUT2D eigenvalue weighted by atomic mass is 10.0. The van der Waals surface area contributed by atoms with E-state index in [-0.39, 0.29) is 12.0 Å². The molecule has 0 radical (unpaired) electrons. The monoisotopic (exact) mass is 304 g/mol. The Morgan fingerprint density at radius 2 is 1.73 bits per heavy atom. The maximum atomic E-state index is 13.1. The first-order valence-electron chi connectivity index (χ1n) is 6.56. The van der Waals surface area contributed by atoms with Gasteiger partial charge in [0.2, 0.25) is 5.91 Å². The van der Waals surface area contributed by atoms with Gasteiger partial charge in [0.15, 0.2) is 11.6 Å². The minimum absolute atomic E-state index is 0.0850. The van der Waals surface area contributed by atoms with Gasteiger partial charge in [-0.25, -0.2) is 8.78 Å². The number of nitrogens with two attached hydrogens (primary N) is 1. The lowest BCUT2D eigenvalue weighted by Gasteiger charge is -2.15. The predicted octanol–water partition coefficient (Wildman–Crippen LogP) is 1.79. The number of amides is 2. The third kappa shape index (κ3) is 3.88. The van der Waals surface area contributed by atoms with Gasteiger partial charge in [-0.2, -0.15) is 0 Å². The van der Waals surface area contributed by atoms with E-state index in [2.05, 4.69) is 5.32 Å². The van der Waals surface area contributed by atoms with E-state index in [1.807, 2.05) is 6.07 Å². The van der Waals surface area contributed by atoms with Gasteiger partial charge in [0.1, 0.15) is 6.04 Å². The maximum Gasteiger partial charge on any atom is 0.252 e. The second-order valence-corrected chi connectivity index (χ2v) is 4.75. The van der Waals surface area contributed by atoms with E-state index in [0.717, 1.165) is 23.8 Å². The van der Waals surface area contributed by atoms with Gasteiger partial charge in [-0.15, -0.1) is 0 Å². The SMILES string of the molecule is NC(=O)[C@H](Cc1ccccc1)NC(=O)c1ccc(F)c(F)c1. The van der Waals surface area contributed by atoms with Gasteiger partial charge in [0.25, 0.3) is 5.91 Å². The van der Waals surface area contributed by atoms with Crippen LogP contribution < -0.4 is 11.1 Å². The van der Waals surface area contributed by atoms with Gasteiger partial charge in [-0.1, -0.05) is 30.3 Å². The molecule has 0 unspecified atom stereocenters. The summed E-state index contributed by atoms with van der Waals surface area (Å²) in [7, 11) is 0. The lowest BCUT2D eigenvalue weighted by molar-refractivity contribution is -0.119. The van der Waals surface area contributed by atoms with Crippen molar-refractivity contribution in [2.24, 2.45) is 5.73 Å². The van der Waals surface area contributed by atoms with Crippen LogP contribution in [-0.2, 0) is 11.2 Å². The Balaban J connectivity index is 2.12. The molecule has 0 saturated carbocycles. The predicted molar refractivity (Wildman–Crippen MR) is 77.0 cm³/mol. The third-order valence-corrected chi connectivity index (χ3v) is 3.11. The number of halogens is 2. The second-order valence-electron chi connectivity index (χ2n) is 4.75. The van der Waals surface area contributed by atoms with Crippen molar-refractivity contribution in [2.45, 2.75) is 12.5 Å². The van der Waals surface area contributed by atoms with Crippen molar-refractivity contribution < 1.29 is 18.4 Å². The Morgan fingerprint density at radius 3 is 2.32 bits per heavy atom. The van der Waals surface area contributed by atoms with Crippen LogP contribution in [0.1, 0.15) is 15.9 Å². The summed E-state index contributed by atoms with van der Waals surface area (Å²) in [5.41, 5.74) is 6.01. The molecule has 114 valence electrons. The van der Waals surface area contributed by atoms with Crippen LogP contribution in [0.5, 0.6) is 0 Å². The minimum atomic E-state index is -1.13. The summed E-state index contributed by atoms with van der Waals surface area (Å²) in [5.74, 6) is -3.59. The molecule has 0 aliphatic carbocycles. The van der Waals surface area contributed by atoms with E-state index in [1.165, 1.54) is 0 Å². The number of hydrogen-bond acceptors (Lipinski definition) is 2. The lowest BCUT2D eigenvalue weighted by Crippen LogP contribution is -2.45. The highest BCUT2D eigenvalue weighted by Gasteiger charge is 2.20. The fourth-order valence-electron chi connectivity index (χ4n) is 1.95. The summed E-state index contributed by atoms with van der Waals surface area (Å²) >= 11 is 0. The van der Waals surface area contributed by atoms with Crippen molar-refractivity contribution in [2.75, 3.05) is 0 Å². The fraction of sp³-hybridized carbons (Fsp3) is 0.125. The van der Waals surface area contributed by atoms with Crippen LogP contribution in [0.4, 0.5) is 8.78 Å². The Morgan fingerprint density at radius 1 is 1.05 bits per heavy atom. The largest absolute Gasteiger partial charge is 0.368 e. The van der Waals surface area contributed by atoms with Gasteiger partial charge in [-0.05, 0) is 23.8 Å². The Labute approximate surface area is 125 Å². The van der Waals surface area contributed by atoms with Crippen LogP contribution >= 0.6 is 0 Å². The molecule has 0 bridgehead atoms. The molecule has 2 aromatic carbocycles. The van der Waals surface area contributed by atoms with E-state index in [4.69, 9.17) is 5.73 Å². The van der Waals surface area contributed by atoms with Crippen molar-refractivity contribution in [3.05, 3.63) is 71.3 Å². The van der Waals surface area contributed by atoms with Gasteiger partial charge in [0.05, 0.1) is 0 Å². The van der Waals surface area contributed by atoms with Gasteiger partial charge < -0.3 is 11.1 Å². The van der Waals surface area contributed by atoms with Crippen molar-refractivity contribution in [1.29, 1.82) is 0 Å². The molecule has 0 fully saturated rings. The highest BCUT2D eigenvalue weighted by Crippen LogP contribution is 2.09. The first-order chi connectivity index (χ1) is 10.5. The smallest absolute Gasteiger partial charge is 0.252 e. The summed E-state index contributed by atoms with van der Waals surface area (Å²) in [5, 5.41) is 2.43. The Hall–Kier alpha value is -2.76. The molecule has 2 rings (SSSR count). The zero-order valence-electron chi connectivity index (χ0n) is 11.6. The first kappa shape index (κ1) is 15.6. The molecule has 0 heterocycles. The number of hydrogen-bond donors (Lipinski definition) is 2. The molecule has 6 heteroatoms. The molecule has 4 nitrogen and oxygen atoms in total. The van der Waals surface area contributed by atoms with E-state index >= 15 is 0 Å². The fourth-order valence-corrected chi connectivity index (χ4v) is 1.95. The minimum Gasteiger partial charge on any atom is -0.368 e. The van der Waals surface area contributed by atoms with E-state index in [9.17, 15) is 18.4 Å². The number of benzene rings is 2. The molecular weight excluding hydrogens is 290 g/mol. The third-order valence-electron chi connectivity index (χ3n) is 3.11. The van der Waals surface area contributed by atoms with Crippen molar-refractivity contribution in [3.8, 4) is 0 Å². The summed E-state index contributed by atoms with van der Waals surface area (Å²) in [6.07, 6.45) is 0.214. The van der Waals surface area contributed by atoms with Crippen LogP contribution in [0.15, 0.2) is 48.5 Å². The number of nitrogens with one attached hydrogen (secondary N) is 1. The average molecular weight is 304 g/mol. The average Bonchev–Trinajstić information content (AvgIpc) is 2.50. The summed E-state index contributed by atoms with van der Waals surface area (Å²) in [6, 6.07) is 10.8. The molecule has 1 atom stereocenters. The molecule has 2 amide bonds. The standard InChI is InChI=1S/C16H14F2N2O2/c17-12-7-6-11(9-13(12)18)16(22)20-14(15(19)21)8-10-4-2-1-3-5-10/h1-7,9,14H,8H2,(H2,19,21)(H,20,22)/t14-/m0/s1. The van der Waals surface area contributed by atoms with Crippen LogP contribution in [0.3, 0.4) is 0 Å². The molecule has 2 aromatic rings. The van der Waals surface area contributed by atoms with E-state index < -0.39 is 29.5 Å². The zero-order chi connectivity index (χ0) is 16.1. The van der Waals surface area contributed by atoms with Gasteiger partial charge in [-0.3, -0.25) is 9.59 Å². The molecular formula is C16H14F2N2O2. The number of primary amides is 1. The van der Waals surface area contributed by atoms with Gasteiger partial charge in [0, 0.05) is 12.0 Å². The van der Waals surface area contributed by atoms with E-state index in [1.54, 1.807) is 24.3 Å². The molecule has 0 aliphatic heterocycles. The zero-order valence-corrected chi connectivity index (χ0v) is 11.6. The van der Waals surface area contributed by atoms with Gasteiger partial charge >= 0.3 is 0 Å². The quantitative estimate of drug-likeness (QED) is 0.884. The maximum absolute atomic E-state index is 13.1. The topological polar surface area (TPSA) is 72.2 Å². The Kier molecular flexibility index (Phi) is 4.83. The molecule has 22 heavy (non-hydrogen) atoms. The van der Waals surface area contributed by atoms with Crippen LogP contribution in [0, 0.1) is 11.6 Å². The van der Waals surface area contributed by atoms with Crippen molar-refractivity contribution >= 4 is 11.8 Å². The number of carbonyl (C=O) groups is 2. The first-order valence-corrected chi connectivity index (χ1v) is 6.56. The number of carbonyl (C=O) groups excluding carboxylic acids is 2. The summed E-state index contributed by atoms with van der Waals surface area (Å²) < 4.78 is 26.0. The van der Waals surface area contributed by atoms with Crippen molar-refractivity contribution in [3.63, 3.8) is 0 Å². The Bertz CT molecular complexity index is 690. The van der Waals surface area contributed by atoms with Crippen molar-refractivity contribution in [1.82, 2.24) is 5.32 Å². The summed E-state index contributed by atoms with van der Waals surface area (Å²) in [4.78, 5) is 23.5. The van der Waals surface area contributed by atoms with Crippen LogP contribution in [0.25, 0.3) is 0 Å². The molecule has 0 saturated heterocycles. The summed E-state index contributed by atoms with van der Waals surface area (Å²) in [6.45, 7) is 0. The highest BCUT2D eigenvalue weighted by atomic mass is 19.2. The van der Waals surface area contributed by atoms with Crippen LogP contribution in [-0.4, -0.2) is 17.9 Å². The molecule has 0 aliphatic rings. The highest BCUT2D eigenvalue weighted by molar-refractivity contribution is 5.97. The van der Waals surface area contributed by atoms with Crippen LogP contribution in [0.2, 0.25) is 0 Å². The second kappa shape index (κ2) is 6.80. The molecule has 0 aromatic heterocycles.